The first-order valence-corrected chi connectivity index (χ1v) is 5.99. The van der Waals surface area contributed by atoms with Gasteiger partial charge in [-0.3, -0.25) is 0 Å². The number of aliphatic hydroxyl groups excluding tert-OH is 1. The Balaban J connectivity index is 2.99. The molecule has 16 heavy (non-hydrogen) atoms. The van der Waals surface area contributed by atoms with E-state index in [0.717, 1.165) is 11.1 Å². The van der Waals surface area contributed by atoms with Gasteiger partial charge in [-0.15, -0.1) is 0 Å². The minimum absolute atomic E-state index is 0.0419. The number of rotatable bonds is 4. The van der Waals surface area contributed by atoms with Gasteiger partial charge in [0.15, 0.2) is 0 Å². The summed E-state index contributed by atoms with van der Waals surface area (Å²) in [6.07, 6.45) is -0.585. The second kappa shape index (κ2) is 5.67. The van der Waals surface area contributed by atoms with Crippen LogP contribution in [0.25, 0.3) is 0 Å². The molecule has 1 aromatic carbocycles. The molecule has 0 amide bonds. The van der Waals surface area contributed by atoms with Crippen LogP contribution in [0.15, 0.2) is 18.2 Å². The van der Waals surface area contributed by atoms with Crippen molar-refractivity contribution in [3.05, 3.63) is 34.3 Å². The maximum atomic E-state index is 10.3. The Bertz CT molecular complexity index is 352. The van der Waals surface area contributed by atoms with E-state index in [4.69, 9.17) is 17.3 Å². The number of aliphatic hydroxyl groups is 1. The van der Waals surface area contributed by atoms with Gasteiger partial charge >= 0.3 is 0 Å². The second-order valence-electron chi connectivity index (χ2n) is 4.61. The molecule has 1 rings (SSSR count). The standard InChI is InChI=1S/C13H20ClNO/c1-8(2)11(7-15)13(16)10-5-4-9(3)6-12(10)14/h4-6,8,11,13,16H,7,15H2,1-3H3. The van der Waals surface area contributed by atoms with E-state index in [-0.39, 0.29) is 5.92 Å². The van der Waals surface area contributed by atoms with Gasteiger partial charge in [-0.2, -0.15) is 0 Å². The number of hydrogen-bond donors (Lipinski definition) is 2. The lowest BCUT2D eigenvalue weighted by Crippen LogP contribution is -2.26. The van der Waals surface area contributed by atoms with Crippen LogP contribution in [0, 0.1) is 18.8 Å². The lowest BCUT2D eigenvalue weighted by molar-refractivity contribution is 0.0862. The molecule has 0 radical (unpaired) electrons. The SMILES string of the molecule is Cc1ccc(C(O)C(CN)C(C)C)c(Cl)c1. The van der Waals surface area contributed by atoms with E-state index in [1.54, 1.807) is 0 Å². The van der Waals surface area contributed by atoms with E-state index in [9.17, 15) is 5.11 Å². The van der Waals surface area contributed by atoms with Gasteiger partial charge in [-0.05, 0) is 36.6 Å². The maximum Gasteiger partial charge on any atom is 0.0847 e. The molecule has 0 bridgehead atoms. The highest BCUT2D eigenvalue weighted by Gasteiger charge is 2.24. The first kappa shape index (κ1) is 13.5. The number of nitrogens with two attached hydrogens (primary N) is 1. The first-order chi connectivity index (χ1) is 7.47. The molecule has 90 valence electrons. The molecule has 0 fully saturated rings. The van der Waals surface area contributed by atoms with Crippen molar-refractivity contribution in [1.29, 1.82) is 0 Å². The van der Waals surface area contributed by atoms with Gasteiger partial charge < -0.3 is 10.8 Å². The van der Waals surface area contributed by atoms with Crippen LogP contribution < -0.4 is 5.73 Å². The molecule has 3 heteroatoms. The predicted octanol–water partition coefficient (Wildman–Crippen LogP) is 2.91. The van der Waals surface area contributed by atoms with E-state index < -0.39 is 6.10 Å². The molecule has 0 aliphatic heterocycles. The average Bonchev–Trinajstić information content (AvgIpc) is 2.17. The molecule has 0 aromatic heterocycles. The van der Waals surface area contributed by atoms with Crippen LogP contribution in [0.4, 0.5) is 0 Å². The molecule has 0 spiro atoms. The third-order valence-corrected chi connectivity index (χ3v) is 3.34. The van der Waals surface area contributed by atoms with Crippen LogP contribution in [0.5, 0.6) is 0 Å². The number of halogens is 1. The van der Waals surface area contributed by atoms with Crippen molar-refractivity contribution in [2.24, 2.45) is 17.6 Å². The molecular weight excluding hydrogens is 222 g/mol. The molecule has 1 aromatic rings. The fourth-order valence-electron chi connectivity index (χ4n) is 1.87. The molecule has 0 saturated carbocycles. The van der Waals surface area contributed by atoms with Crippen molar-refractivity contribution < 1.29 is 5.11 Å². The van der Waals surface area contributed by atoms with Gasteiger partial charge in [0.1, 0.15) is 0 Å². The first-order valence-electron chi connectivity index (χ1n) is 5.61. The molecular formula is C13H20ClNO. The zero-order valence-corrected chi connectivity index (χ0v) is 10.8. The minimum Gasteiger partial charge on any atom is -0.388 e. The number of benzene rings is 1. The lowest BCUT2D eigenvalue weighted by atomic mass is 9.86. The Labute approximate surface area is 102 Å². The molecule has 2 nitrogen and oxygen atoms in total. The summed E-state index contributed by atoms with van der Waals surface area (Å²) in [6.45, 7) is 6.56. The van der Waals surface area contributed by atoms with Gasteiger partial charge in [-0.25, -0.2) is 0 Å². The van der Waals surface area contributed by atoms with Crippen LogP contribution in [-0.2, 0) is 0 Å². The fraction of sp³-hybridized carbons (Fsp3) is 0.538. The van der Waals surface area contributed by atoms with Gasteiger partial charge in [0.2, 0.25) is 0 Å². The lowest BCUT2D eigenvalue weighted by Gasteiger charge is -2.26. The molecule has 2 atom stereocenters. The largest absolute Gasteiger partial charge is 0.388 e. The number of aryl methyl sites for hydroxylation is 1. The van der Waals surface area contributed by atoms with Crippen molar-refractivity contribution in [3.63, 3.8) is 0 Å². The molecule has 0 saturated heterocycles. The fourth-order valence-corrected chi connectivity index (χ4v) is 2.22. The second-order valence-corrected chi connectivity index (χ2v) is 5.02. The molecule has 3 N–H and O–H groups in total. The third-order valence-electron chi connectivity index (χ3n) is 3.01. The highest BCUT2D eigenvalue weighted by atomic mass is 35.5. The monoisotopic (exact) mass is 241 g/mol. The van der Waals surface area contributed by atoms with Crippen molar-refractivity contribution in [3.8, 4) is 0 Å². The molecule has 0 aliphatic carbocycles. The normalized spacial score (nSPS) is 15.2. The van der Waals surface area contributed by atoms with Crippen molar-refractivity contribution in [2.45, 2.75) is 26.9 Å². The van der Waals surface area contributed by atoms with Gasteiger partial charge in [0, 0.05) is 10.9 Å². The summed E-state index contributed by atoms with van der Waals surface area (Å²) in [5, 5.41) is 10.9. The Morgan fingerprint density at radius 2 is 2.00 bits per heavy atom. The van der Waals surface area contributed by atoms with Crippen LogP contribution in [0.2, 0.25) is 5.02 Å². The maximum absolute atomic E-state index is 10.3. The van der Waals surface area contributed by atoms with E-state index >= 15 is 0 Å². The number of hydrogen-bond acceptors (Lipinski definition) is 2. The highest BCUT2D eigenvalue weighted by molar-refractivity contribution is 6.31. The topological polar surface area (TPSA) is 46.2 Å². The van der Waals surface area contributed by atoms with Crippen molar-refractivity contribution in [1.82, 2.24) is 0 Å². The Morgan fingerprint density at radius 3 is 2.44 bits per heavy atom. The summed E-state index contributed by atoms with van der Waals surface area (Å²) in [5.74, 6) is 0.373. The summed E-state index contributed by atoms with van der Waals surface area (Å²) in [5.41, 5.74) is 7.56. The quantitative estimate of drug-likeness (QED) is 0.852. The zero-order chi connectivity index (χ0) is 12.3. The van der Waals surface area contributed by atoms with Crippen LogP contribution in [0.1, 0.15) is 31.1 Å². The van der Waals surface area contributed by atoms with Crippen LogP contribution in [-0.4, -0.2) is 11.7 Å². The average molecular weight is 242 g/mol. The van der Waals surface area contributed by atoms with E-state index in [1.165, 1.54) is 0 Å². The predicted molar refractivity (Wildman–Crippen MR) is 68.5 cm³/mol. The van der Waals surface area contributed by atoms with E-state index in [1.807, 2.05) is 25.1 Å². The van der Waals surface area contributed by atoms with Gasteiger partial charge in [0.05, 0.1) is 6.10 Å². The minimum atomic E-state index is -0.585. The summed E-state index contributed by atoms with van der Waals surface area (Å²) < 4.78 is 0. The van der Waals surface area contributed by atoms with Crippen molar-refractivity contribution in [2.75, 3.05) is 6.54 Å². The van der Waals surface area contributed by atoms with E-state index in [2.05, 4.69) is 13.8 Å². The van der Waals surface area contributed by atoms with Crippen LogP contribution in [0.3, 0.4) is 0 Å². The van der Waals surface area contributed by atoms with Gasteiger partial charge in [-0.1, -0.05) is 37.6 Å². The third kappa shape index (κ3) is 2.97. The zero-order valence-electron chi connectivity index (χ0n) is 10.1. The highest BCUT2D eigenvalue weighted by Crippen LogP contribution is 2.32. The Kier molecular flexibility index (Phi) is 4.78. The smallest absolute Gasteiger partial charge is 0.0847 e. The summed E-state index contributed by atoms with van der Waals surface area (Å²) >= 11 is 6.13. The van der Waals surface area contributed by atoms with E-state index in [0.29, 0.717) is 17.5 Å². The molecule has 0 aliphatic rings. The summed E-state index contributed by atoms with van der Waals surface area (Å²) in [7, 11) is 0. The Morgan fingerprint density at radius 1 is 1.38 bits per heavy atom. The molecule has 0 heterocycles. The Hall–Kier alpha value is -0.570. The summed E-state index contributed by atoms with van der Waals surface area (Å²) in [6, 6.07) is 5.71. The molecule has 2 unspecified atom stereocenters. The summed E-state index contributed by atoms with van der Waals surface area (Å²) in [4.78, 5) is 0. The van der Waals surface area contributed by atoms with Gasteiger partial charge in [0.25, 0.3) is 0 Å². The van der Waals surface area contributed by atoms with Crippen LogP contribution >= 0.6 is 11.6 Å². The van der Waals surface area contributed by atoms with Crippen molar-refractivity contribution >= 4 is 11.6 Å².